The van der Waals surface area contributed by atoms with Crippen molar-refractivity contribution >= 4 is 17.7 Å². The van der Waals surface area contributed by atoms with E-state index in [1.165, 1.54) is 29.5 Å². The lowest BCUT2D eigenvalue weighted by atomic mass is 10.0. The summed E-state index contributed by atoms with van der Waals surface area (Å²) in [5, 5.41) is 3.45. The number of carbonyl (C=O) groups is 1. The van der Waals surface area contributed by atoms with Crippen LogP contribution in [0.25, 0.3) is 0 Å². The van der Waals surface area contributed by atoms with E-state index in [1.807, 2.05) is 30.3 Å². The van der Waals surface area contributed by atoms with E-state index in [1.54, 1.807) is 11.8 Å². The highest BCUT2D eigenvalue weighted by molar-refractivity contribution is 8.00. The molecule has 0 aromatic heterocycles. The molecular weight excluding hydrogens is 362 g/mol. The number of amides is 1. The molecule has 3 aromatic carbocycles. The van der Waals surface area contributed by atoms with Gasteiger partial charge in [0.1, 0.15) is 0 Å². The number of thioether (sulfide) groups is 1. The summed E-state index contributed by atoms with van der Waals surface area (Å²) >= 11 is 1.69. The zero-order chi connectivity index (χ0) is 19.2. The van der Waals surface area contributed by atoms with Crippen molar-refractivity contribution in [1.29, 1.82) is 0 Å². The van der Waals surface area contributed by atoms with Gasteiger partial charge in [-0.2, -0.15) is 0 Å². The quantitative estimate of drug-likeness (QED) is 0.531. The summed E-state index contributed by atoms with van der Waals surface area (Å²) in [6.07, 6.45) is 2.40. The molecule has 142 valence electrons. The number of carbonyl (C=O) groups excluding carboxylic acids is 1. The van der Waals surface area contributed by atoms with Gasteiger partial charge in [0.15, 0.2) is 0 Å². The lowest BCUT2D eigenvalue weighted by molar-refractivity contribution is -0.119. The van der Waals surface area contributed by atoms with Crippen LogP contribution in [0.3, 0.4) is 0 Å². The Balaban J connectivity index is 1.44. The van der Waals surface area contributed by atoms with Gasteiger partial charge in [-0.05, 0) is 35.4 Å². The van der Waals surface area contributed by atoms with Crippen LogP contribution < -0.4 is 5.32 Å². The summed E-state index contributed by atoms with van der Waals surface area (Å²) < 4.78 is 0. The van der Waals surface area contributed by atoms with Gasteiger partial charge in [-0.1, -0.05) is 91.0 Å². The summed E-state index contributed by atoms with van der Waals surface area (Å²) in [6, 6.07) is 31.4. The van der Waals surface area contributed by atoms with Gasteiger partial charge in [0.25, 0.3) is 0 Å². The first-order valence-corrected chi connectivity index (χ1v) is 10.9. The van der Waals surface area contributed by atoms with Gasteiger partial charge < -0.3 is 5.32 Å². The lowest BCUT2D eigenvalue weighted by Gasteiger charge is -2.21. The van der Waals surface area contributed by atoms with Gasteiger partial charge in [-0.25, -0.2) is 0 Å². The predicted octanol–water partition coefficient (Wildman–Crippen LogP) is 5.78. The predicted molar refractivity (Wildman–Crippen MR) is 117 cm³/mol. The number of hydrogen-bond donors (Lipinski definition) is 1. The van der Waals surface area contributed by atoms with Gasteiger partial charge in [0.2, 0.25) is 5.91 Å². The van der Waals surface area contributed by atoms with Crippen LogP contribution in [0.2, 0.25) is 0 Å². The summed E-state index contributed by atoms with van der Waals surface area (Å²) in [4.78, 5) is 12.8. The van der Waals surface area contributed by atoms with Crippen molar-refractivity contribution in [3.8, 4) is 0 Å². The Morgan fingerprint density at radius 2 is 1.25 bits per heavy atom. The highest BCUT2D eigenvalue weighted by Crippen LogP contribution is 2.41. The number of benzene rings is 3. The average molecular weight is 388 g/mol. The van der Waals surface area contributed by atoms with Gasteiger partial charge in [-0.15, -0.1) is 11.8 Å². The summed E-state index contributed by atoms with van der Waals surface area (Å²) in [5.74, 6) is 1.14. The van der Waals surface area contributed by atoms with Gasteiger partial charge >= 0.3 is 0 Å². The van der Waals surface area contributed by atoms with Crippen LogP contribution in [0.5, 0.6) is 0 Å². The van der Waals surface area contributed by atoms with Gasteiger partial charge in [0, 0.05) is 0 Å². The third-order valence-corrected chi connectivity index (χ3v) is 6.46. The fourth-order valence-corrected chi connectivity index (χ4v) is 4.68. The molecule has 2 nitrogen and oxygen atoms in total. The number of nitrogens with one attached hydrogen (secondary N) is 1. The average Bonchev–Trinajstić information content (AvgIpc) is 3.60. The topological polar surface area (TPSA) is 29.1 Å². The first-order valence-electron chi connectivity index (χ1n) is 9.87. The van der Waals surface area contributed by atoms with Crippen LogP contribution >= 0.6 is 11.8 Å². The van der Waals surface area contributed by atoms with Crippen molar-refractivity contribution in [3.05, 3.63) is 108 Å². The van der Waals surface area contributed by atoms with Crippen LogP contribution in [0.4, 0.5) is 0 Å². The molecule has 0 bridgehead atoms. The molecule has 0 spiro atoms. The first-order chi connectivity index (χ1) is 13.8. The molecule has 1 atom stereocenters. The zero-order valence-electron chi connectivity index (χ0n) is 15.8. The normalized spacial score (nSPS) is 14.6. The van der Waals surface area contributed by atoms with E-state index in [4.69, 9.17) is 0 Å². The second-order valence-electron chi connectivity index (χ2n) is 7.31. The Morgan fingerprint density at radius 1 is 0.786 bits per heavy atom. The molecule has 1 fully saturated rings. The van der Waals surface area contributed by atoms with Crippen molar-refractivity contribution < 1.29 is 4.79 Å². The van der Waals surface area contributed by atoms with E-state index in [2.05, 4.69) is 66.0 Å². The Labute approximate surface area is 171 Å². The highest BCUT2D eigenvalue weighted by Gasteiger charge is 2.33. The Kier molecular flexibility index (Phi) is 6.13. The summed E-state index contributed by atoms with van der Waals surface area (Å²) in [7, 11) is 0. The molecule has 1 aliphatic rings. The SMILES string of the molecule is O=C(CSC(c1ccccc1)c1ccccc1)NC(c1ccccc1)C1CC1. The maximum Gasteiger partial charge on any atom is 0.230 e. The molecular formula is C25H25NOS. The summed E-state index contributed by atoms with van der Waals surface area (Å²) in [6.45, 7) is 0. The molecule has 1 unspecified atom stereocenters. The van der Waals surface area contributed by atoms with Gasteiger partial charge in [0.05, 0.1) is 17.0 Å². The standard InChI is InChI=1S/C25H25NOS/c27-23(26-24(20-16-17-20)19-10-4-1-5-11-19)18-28-25(21-12-6-2-7-13-21)22-14-8-3-9-15-22/h1-15,20,24-25H,16-18H2,(H,26,27). The van der Waals surface area contributed by atoms with Crippen molar-refractivity contribution in [2.75, 3.05) is 5.75 Å². The van der Waals surface area contributed by atoms with Gasteiger partial charge in [-0.3, -0.25) is 4.79 Å². The minimum atomic E-state index is 0.114. The maximum atomic E-state index is 12.8. The molecule has 1 amide bonds. The van der Waals surface area contributed by atoms with Crippen LogP contribution in [0.1, 0.15) is 40.8 Å². The van der Waals surface area contributed by atoms with E-state index in [-0.39, 0.29) is 17.2 Å². The molecule has 3 aromatic rings. The number of hydrogen-bond acceptors (Lipinski definition) is 2. The van der Waals surface area contributed by atoms with E-state index >= 15 is 0 Å². The van der Waals surface area contributed by atoms with E-state index < -0.39 is 0 Å². The molecule has 0 radical (unpaired) electrons. The fraction of sp³-hybridized carbons (Fsp3) is 0.240. The largest absolute Gasteiger partial charge is 0.348 e. The Morgan fingerprint density at radius 3 is 1.71 bits per heavy atom. The third-order valence-electron chi connectivity index (χ3n) is 5.15. The second kappa shape index (κ2) is 9.11. The molecule has 4 rings (SSSR count). The molecule has 28 heavy (non-hydrogen) atoms. The van der Waals surface area contributed by atoms with E-state index in [0.717, 1.165) is 0 Å². The molecule has 1 N–H and O–H groups in total. The highest BCUT2D eigenvalue weighted by atomic mass is 32.2. The third kappa shape index (κ3) is 4.85. The van der Waals surface area contributed by atoms with Crippen LogP contribution in [-0.4, -0.2) is 11.7 Å². The molecule has 1 aliphatic carbocycles. The summed E-state index contributed by atoms with van der Waals surface area (Å²) in [5.41, 5.74) is 3.67. The first kappa shape index (κ1) is 18.8. The minimum Gasteiger partial charge on any atom is -0.348 e. The molecule has 0 aliphatic heterocycles. The molecule has 3 heteroatoms. The van der Waals surface area contributed by atoms with Crippen molar-refractivity contribution in [1.82, 2.24) is 5.32 Å². The fourth-order valence-electron chi connectivity index (χ4n) is 3.58. The Bertz CT molecular complexity index is 839. The smallest absolute Gasteiger partial charge is 0.230 e. The minimum absolute atomic E-state index is 0.114. The van der Waals surface area contributed by atoms with E-state index in [9.17, 15) is 4.79 Å². The molecule has 0 heterocycles. The van der Waals surface area contributed by atoms with Crippen LogP contribution in [-0.2, 0) is 4.79 Å². The van der Waals surface area contributed by atoms with Crippen LogP contribution in [0.15, 0.2) is 91.0 Å². The van der Waals surface area contributed by atoms with Crippen molar-refractivity contribution in [3.63, 3.8) is 0 Å². The molecule has 0 saturated heterocycles. The lowest BCUT2D eigenvalue weighted by Crippen LogP contribution is -2.31. The Hall–Kier alpha value is -2.52. The van der Waals surface area contributed by atoms with Crippen molar-refractivity contribution in [2.24, 2.45) is 5.92 Å². The van der Waals surface area contributed by atoms with E-state index in [0.29, 0.717) is 11.7 Å². The monoisotopic (exact) mass is 387 g/mol. The zero-order valence-corrected chi connectivity index (χ0v) is 16.6. The second-order valence-corrected chi connectivity index (χ2v) is 8.40. The van der Waals surface area contributed by atoms with Crippen molar-refractivity contribution in [2.45, 2.75) is 24.1 Å². The van der Waals surface area contributed by atoms with Crippen LogP contribution in [0, 0.1) is 5.92 Å². The maximum absolute atomic E-state index is 12.8. The number of rotatable bonds is 8. The molecule has 1 saturated carbocycles.